The smallest absolute Gasteiger partial charge is 0.410 e. The highest BCUT2D eigenvalue weighted by Gasteiger charge is 2.37. The highest BCUT2D eigenvalue weighted by Crippen LogP contribution is 2.22. The van der Waals surface area contributed by atoms with Crippen molar-refractivity contribution in [2.24, 2.45) is 5.92 Å². The van der Waals surface area contributed by atoms with Crippen LogP contribution in [-0.2, 0) is 14.3 Å². The summed E-state index contributed by atoms with van der Waals surface area (Å²) in [4.78, 5) is 24.4. The molecule has 0 unspecified atom stereocenters. The molecule has 0 aromatic rings. The summed E-state index contributed by atoms with van der Waals surface area (Å²) in [6.07, 6.45) is -1.07. The van der Waals surface area contributed by atoms with Gasteiger partial charge in [0.05, 0.1) is 26.2 Å². The van der Waals surface area contributed by atoms with E-state index in [2.05, 4.69) is 4.74 Å². The molecular formula is C12H21NO5. The van der Waals surface area contributed by atoms with Crippen LogP contribution in [0.25, 0.3) is 0 Å². The lowest BCUT2D eigenvalue weighted by Gasteiger charge is -2.24. The number of likely N-dealkylation sites (tertiary alicyclic amines) is 1. The van der Waals surface area contributed by atoms with Crippen LogP contribution in [0.15, 0.2) is 0 Å². The second-order valence-electron chi connectivity index (χ2n) is 5.49. The van der Waals surface area contributed by atoms with Crippen LogP contribution in [0.5, 0.6) is 0 Å². The van der Waals surface area contributed by atoms with Gasteiger partial charge in [-0.15, -0.1) is 0 Å². The molecule has 0 saturated carbocycles. The lowest BCUT2D eigenvalue weighted by molar-refractivity contribution is -0.142. The fourth-order valence-electron chi connectivity index (χ4n) is 1.83. The van der Waals surface area contributed by atoms with Crippen molar-refractivity contribution in [3.05, 3.63) is 0 Å². The monoisotopic (exact) mass is 259 g/mol. The summed E-state index contributed by atoms with van der Waals surface area (Å²) in [7, 11) is 1.30. The van der Waals surface area contributed by atoms with Crippen molar-refractivity contribution in [3.63, 3.8) is 0 Å². The molecule has 1 rings (SSSR count). The number of carbonyl (C=O) groups is 2. The van der Waals surface area contributed by atoms with Crippen LogP contribution < -0.4 is 0 Å². The van der Waals surface area contributed by atoms with E-state index in [1.165, 1.54) is 12.0 Å². The van der Waals surface area contributed by atoms with Crippen molar-refractivity contribution in [1.29, 1.82) is 0 Å². The molecule has 0 aromatic carbocycles. The first-order chi connectivity index (χ1) is 8.23. The van der Waals surface area contributed by atoms with Gasteiger partial charge in [-0.1, -0.05) is 0 Å². The van der Waals surface area contributed by atoms with Crippen molar-refractivity contribution in [3.8, 4) is 0 Å². The van der Waals surface area contributed by atoms with E-state index in [1.807, 2.05) is 0 Å². The minimum Gasteiger partial charge on any atom is -0.469 e. The first-order valence-electron chi connectivity index (χ1n) is 5.95. The van der Waals surface area contributed by atoms with Crippen LogP contribution >= 0.6 is 0 Å². The number of nitrogens with zero attached hydrogens (tertiary/aromatic N) is 1. The summed E-state index contributed by atoms with van der Waals surface area (Å²) in [5.41, 5.74) is -0.567. The molecule has 1 heterocycles. The molecule has 6 nitrogen and oxygen atoms in total. The number of esters is 1. The summed E-state index contributed by atoms with van der Waals surface area (Å²) < 4.78 is 9.76. The van der Waals surface area contributed by atoms with Crippen LogP contribution in [0.4, 0.5) is 4.79 Å². The van der Waals surface area contributed by atoms with Gasteiger partial charge in [0.1, 0.15) is 5.60 Å². The quantitative estimate of drug-likeness (QED) is 0.741. The Hall–Kier alpha value is -1.30. The van der Waals surface area contributed by atoms with Gasteiger partial charge >= 0.3 is 12.1 Å². The van der Waals surface area contributed by atoms with E-state index < -0.39 is 17.8 Å². The van der Waals surface area contributed by atoms with E-state index >= 15 is 0 Å². The second kappa shape index (κ2) is 5.56. The van der Waals surface area contributed by atoms with E-state index in [0.717, 1.165) is 0 Å². The van der Waals surface area contributed by atoms with Gasteiger partial charge in [0, 0.05) is 12.5 Å². The molecule has 18 heavy (non-hydrogen) atoms. The number of ether oxygens (including phenoxy) is 2. The second-order valence-corrected chi connectivity index (χ2v) is 5.49. The third-order valence-electron chi connectivity index (χ3n) is 2.71. The topological polar surface area (TPSA) is 76.1 Å². The molecule has 1 aliphatic heterocycles. The molecule has 0 spiro atoms. The van der Waals surface area contributed by atoms with Gasteiger partial charge in [0.15, 0.2) is 0 Å². The number of rotatable bonds is 2. The zero-order valence-electron chi connectivity index (χ0n) is 11.3. The fraction of sp³-hybridized carbons (Fsp3) is 0.833. The maximum atomic E-state index is 11.8. The van der Waals surface area contributed by atoms with E-state index in [0.29, 0.717) is 6.54 Å². The number of methoxy groups -OCH3 is 1. The fourth-order valence-corrected chi connectivity index (χ4v) is 1.83. The number of β-amino-alcohol motifs (C(OH)–C–C–N with tert-alkyl or cyclic N) is 1. The molecule has 1 fully saturated rings. The third kappa shape index (κ3) is 4.18. The summed E-state index contributed by atoms with van der Waals surface area (Å²) in [5, 5.41) is 9.79. The number of hydrogen-bond donors (Lipinski definition) is 1. The van der Waals surface area contributed by atoms with Crippen molar-refractivity contribution >= 4 is 12.1 Å². The van der Waals surface area contributed by atoms with Crippen LogP contribution in [-0.4, -0.2) is 54.0 Å². The van der Waals surface area contributed by atoms with Gasteiger partial charge in [-0.3, -0.25) is 4.79 Å². The van der Waals surface area contributed by atoms with Crippen molar-refractivity contribution in [1.82, 2.24) is 4.90 Å². The summed E-state index contributed by atoms with van der Waals surface area (Å²) >= 11 is 0. The number of carbonyl (C=O) groups excluding carboxylic acids is 2. The summed E-state index contributed by atoms with van der Waals surface area (Å²) in [6, 6.07) is 0. The summed E-state index contributed by atoms with van der Waals surface area (Å²) in [5.74, 6) is -0.671. The highest BCUT2D eigenvalue weighted by molar-refractivity contribution is 5.71. The first kappa shape index (κ1) is 14.8. The van der Waals surface area contributed by atoms with E-state index in [-0.39, 0.29) is 24.9 Å². The normalized spacial score (nSPS) is 23.9. The summed E-state index contributed by atoms with van der Waals surface area (Å²) in [6.45, 7) is 5.84. The van der Waals surface area contributed by atoms with Gasteiger partial charge in [-0.25, -0.2) is 4.79 Å². The van der Waals surface area contributed by atoms with Crippen LogP contribution in [0.1, 0.15) is 27.2 Å². The Balaban J connectivity index is 2.53. The van der Waals surface area contributed by atoms with Gasteiger partial charge in [0.2, 0.25) is 0 Å². The molecule has 1 aliphatic rings. The van der Waals surface area contributed by atoms with Gasteiger partial charge < -0.3 is 19.5 Å². The average molecular weight is 259 g/mol. The zero-order chi connectivity index (χ0) is 13.9. The average Bonchev–Trinajstić information content (AvgIpc) is 2.58. The van der Waals surface area contributed by atoms with Crippen LogP contribution in [0.2, 0.25) is 0 Å². The Labute approximate surface area is 107 Å². The number of aliphatic hydroxyl groups excluding tert-OH is 1. The van der Waals surface area contributed by atoms with Crippen molar-refractivity contribution < 1.29 is 24.2 Å². The third-order valence-corrected chi connectivity index (χ3v) is 2.71. The molecule has 104 valence electrons. The molecule has 0 aliphatic carbocycles. The largest absolute Gasteiger partial charge is 0.469 e. The Bertz CT molecular complexity index is 323. The van der Waals surface area contributed by atoms with Gasteiger partial charge in [-0.05, 0) is 20.8 Å². The standard InChI is InChI=1S/C12H21NO5/c1-12(2,3)18-11(16)13-6-8(9(14)7-13)5-10(15)17-4/h8-9,14H,5-7H2,1-4H3/t8-,9+/m0/s1. The minimum atomic E-state index is -0.711. The molecular weight excluding hydrogens is 238 g/mol. The van der Waals surface area contributed by atoms with Crippen molar-refractivity contribution in [2.45, 2.75) is 38.9 Å². The molecule has 0 radical (unpaired) electrons. The predicted molar refractivity (Wildman–Crippen MR) is 63.9 cm³/mol. The predicted octanol–water partition coefficient (Wildman–Crippen LogP) is 0.777. The SMILES string of the molecule is COC(=O)C[C@H]1CN(C(=O)OC(C)(C)C)C[C@H]1O. The lowest BCUT2D eigenvalue weighted by Crippen LogP contribution is -2.35. The number of hydrogen-bond acceptors (Lipinski definition) is 5. The molecule has 1 amide bonds. The molecule has 0 bridgehead atoms. The maximum absolute atomic E-state index is 11.8. The molecule has 1 N–H and O–H groups in total. The first-order valence-corrected chi connectivity index (χ1v) is 5.95. The lowest BCUT2D eigenvalue weighted by atomic mass is 10.0. The van der Waals surface area contributed by atoms with E-state index in [1.54, 1.807) is 20.8 Å². The Morgan fingerprint density at radius 1 is 1.33 bits per heavy atom. The van der Waals surface area contributed by atoms with Gasteiger partial charge in [0.25, 0.3) is 0 Å². The minimum absolute atomic E-state index is 0.108. The Kier molecular flexibility index (Phi) is 4.56. The van der Waals surface area contributed by atoms with E-state index in [9.17, 15) is 14.7 Å². The maximum Gasteiger partial charge on any atom is 0.410 e. The van der Waals surface area contributed by atoms with Crippen LogP contribution in [0.3, 0.4) is 0 Å². The Morgan fingerprint density at radius 3 is 2.44 bits per heavy atom. The zero-order valence-corrected chi connectivity index (χ0v) is 11.3. The van der Waals surface area contributed by atoms with Crippen LogP contribution in [0, 0.1) is 5.92 Å². The molecule has 6 heteroatoms. The number of aliphatic hydroxyl groups is 1. The van der Waals surface area contributed by atoms with E-state index in [4.69, 9.17) is 4.74 Å². The number of amides is 1. The highest BCUT2D eigenvalue weighted by atomic mass is 16.6. The van der Waals surface area contributed by atoms with Gasteiger partial charge in [-0.2, -0.15) is 0 Å². The Morgan fingerprint density at radius 2 is 1.94 bits per heavy atom. The molecule has 2 atom stereocenters. The van der Waals surface area contributed by atoms with Crippen molar-refractivity contribution in [2.75, 3.05) is 20.2 Å². The molecule has 0 aromatic heterocycles. The molecule has 1 saturated heterocycles.